The van der Waals surface area contributed by atoms with Crippen LogP contribution in [-0.2, 0) is 16.0 Å². The third-order valence-corrected chi connectivity index (χ3v) is 2.56. The molecule has 5 heteroatoms. The summed E-state index contributed by atoms with van der Waals surface area (Å²) in [4.78, 5) is 22.1. The summed E-state index contributed by atoms with van der Waals surface area (Å²) in [6, 6.07) is 9.33. The van der Waals surface area contributed by atoms with Crippen LogP contribution in [0, 0.1) is 0 Å². The summed E-state index contributed by atoms with van der Waals surface area (Å²) >= 11 is 0. The first-order valence-electron chi connectivity index (χ1n) is 5.50. The highest BCUT2D eigenvalue weighted by molar-refractivity contribution is 5.90. The highest BCUT2D eigenvalue weighted by atomic mass is 16.5. The van der Waals surface area contributed by atoms with Crippen LogP contribution in [0.5, 0.6) is 0 Å². The lowest BCUT2D eigenvalue weighted by molar-refractivity contribution is -0.128. The van der Waals surface area contributed by atoms with Gasteiger partial charge in [0.2, 0.25) is 5.91 Å². The fourth-order valence-corrected chi connectivity index (χ4v) is 1.49. The summed E-state index contributed by atoms with van der Waals surface area (Å²) in [5.41, 5.74) is 1.11. The van der Waals surface area contributed by atoms with Gasteiger partial charge in [-0.3, -0.25) is 4.79 Å². The fourth-order valence-electron chi connectivity index (χ4n) is 1.49. The van der Waals surface area contributed by atoms with E-state index in [4.69, 9.17) is 4.74 Å². The zero-order chi connectivity index (χ0) is 12.1. The number of alkyl carbamates (subject to hydrolysis) is 1. The van der Waals surface area contributed by atoms with Crippen LogP contribution in [0.4, 0.5) is 4.79 Å². The first-order chi connectivity index (χ1) is 8.25. The molecule has 0 unspecified atom stereocenters. The molecule has 17 heavy (non-hydrogen) atoms. The van der Waals surface area contributed by atoms with Gasteiger partial charge in [-0.05, 0) is 5.56 Å². The van der Waals surface area contributed by atoms with E-state index in [1.807, 2.05) is 30.3 Å². The zero-order valence-electron chi connectivity index (χ0n) is 9.31. The van der Waals surface area contributed by atoms with E-state index in [0.29, 0.717) is 19.6 Å². The van der Waals surface area contributed by atoms with E-state index in [2.05, 4.69) is 10.6 Å². The molecule has 1 aliphatic heterocycles. The number of nitrogens with one attached hydrogen (secondary N) is 2. The number of rotatable bonds is 4. The minimum atomic E-state index is -0.541. The number of amides is 2. The summed E-state index contributed by atoms with van der Waals surface area (Å²) in [7, 11) is 0. The Labute approximate surface area is 99.2 Å². The molecule has 1 aromatic rings. The van der Waals surface area contributed by atoms with Crippen LogP contribution in [-0.4, -0.2) is 31.2 Å². The first-order valence-corrected chi connectivity index (χ1v) is 5.50. The predicted octanol–water partition coefficient (Wildman–Crippen LogP) is 0.454. The Balaban J connectivity index is 1.65. The van der Waals surface area contributed by atoms with Crippen molar-refractivity contribution in [3.63, 3.8) is 0 Å². The largest absolute Gasteiger partial charge is 0.449 e. The maximum atomic E-state index is 11.3. The molecule has 1 saturated heterocycles. The molecule has 0 aliphatic carbocycles. The molecule has 90 valence electrons. The van der Waals surface area contributed by atoms with Gasteiger partial charge in [-0.15, -0.1) is 0 Å². The summed E-state index contributed by atoms with van der Waals surface area (Å²) in [6.07, 6.45) is 0.131. The minimum Gasteiger partial charge on any atom is -0.449 e. The molecular weight excluding hydrogens is 220 g/mol. The van der Waals surface area contributed by atoms with Crippen molar-refractivity contribution in [2.45, 2.75) is 12.5 Å². The average molecular weight is 234 g/mol. The molecule has 0 saturated carbocycles. The van der Waals surface area contributed by atoms with Gasteiger partial charge in [-0.2, -0.15) is 0 Å². The second-order valence-corrected chi connectivity index (χ2v) is 3.81. The molecule has 0 aromatic heterocycles. The monoisotopic (exact) mass is 234 g/mol. The van der Waals surface area contributed by atoms with Gasteiger partial charge in [0.1, 0.15) is 6.04 Å². The lowest BCUT2D eigenvalue weighted by Crippen LogP contribution is -2.61. The number of benzene rings is 1. The van der Waals surface area contributed by atoms with Gasteiger partial charge in [-0.25, -0.2) is 4.79 Å². The third-order valence-electron chi connectivity index (χ3n) is 2.56. The van der Waals surface area contributed by atoms with E-state index in [1.54, 1.807) is 0 Å². The molecule has 0 bridgehead atoms. The molecule has 1 heterocycles. The van der Waals surface area contributed by atoms with Gasteiger partial charge in [0, 0.05) is 13.0 Å². The quantitative estimate of drug-likeness (QED) is 0.743. The summed E-state index contributed by atoms with van der Waals surface area (Å²) < 4.78 is 4.97. The molecular formula is C12H14N2O3. The molecule has 0 spiro atoms. The molecule has 1 fully saturated rings. The SMILES string of the molecule is O=C(N[C@H]1CNC1=O)OCCc1ccccc1. The lowest BCUT2D eigenvalue weighted by atomic mass is 10.2. The van der Waals surface area contributed by atoms with Gasteiger partial charge in [0.05, 0.1) is 6.61 Å². The Kier molecular flexibility index (Phi) is 3.59. The normalized spacial score (nSPS) is 17.9. The molecule has 1 atom stereocenters. The number of β-lactam (4-membered cyclic amide) rings is 1. The van der Waals surface area contributed by atoms with Gasteiger partial charge in [0.15, 0.2) is 0 Å². The van der Waals surface area contributed by atoms with E-state index in [9.17, 15) is 9.59 Å². The Morgan fingerprint density at radius 1 is 1.41 bits per heavy atom. The number of hydrogen-bond donors (Lipinski definition) is 2. The minimum absolute atomic E-state index is 0.162. The molecule has 5 nitrogen and oxygen atoms in total. The van der Waals surface area contributed by atoms with Crippen molar-refractivity contribution in [2.75, 3.05) is 13.2 Å². The number of carbonyl (C=O) groups excluding carboxylic acids is 2. The van der Waals surface area contributed by atoms with Gasteiger partial charge in [-0.1, -0.05) is 30.3 Å². The van der Waals surface area contributed by atoms with Crippen molar-refractivity contribution in [1.29, 1.82) is 0 Å². The van der Waals surface area contributed by atoms with Crippen LogP contribution in [0.15, 0.2) is 30.3 Å². The van der Waals surface area contributed by atoms with E-state index in [1.165, 1.54) is 0 Å². The van der Waals surface area contributed by atoms with Crippen molar-refractivity contribution in [3.8, 4) is 0 Å². The van der Waals surface area contributed by atoms with E-state index in [0.717, 1.165) is 5.56 Å². The second-order valence-electron chi connectivity index (χ2n) is 3.81. The molecule has 2 N–H and O–H groups in total. The third kappa shape index (κ3) is 3.21. The number of hydrogen-bond acceptors (Lipinski definition) is 3. The zero-order valence-corrected chi connectivity index (χ0v) is 9.31. The van der Waals surface area contributed by atoms with Crippen LogP contribution >= 0.6 is 0 Å². The topological polar surface area (TPSA) is 67.4 Å². The Morgan fingerprint density at radius 2 is 2.18 bits per heavy atom. The van der Waals surface area contributed by atoms with Gasteiger partial charge < -0.3 is 15.4 Å². The average Bonchev–Trinajstić information content (AvgIpc) is 2.35. The maximum Gasteiger partial charge on any atom is 0.407 e. The number of ether oxygens (including phenoxy) is 1. The van der Waals surface area contributed by atoms with Crippen LogP contribution in [0.1, 0.15) is 5.56 Å². The molecule has 1 aromatic carbocycles. The Morgan fingerprint density at radius 3 is 2.76 bits per heavy atom. The molecule has 2 rings (SSSR count). The lowest BCUT2D eigenvalue weighted by Gasteiger charge is -2.26. The van der Waals surface area contributed by atoms with Gasteiger partial charge >= 0.3 is 6.09 Å². The Bertz CT molecular complexity index is 405. The Hall–Kier alpha value is -2.04. The predicted molar refractivity (Wildman–Crippen MR) is 61.4 cm³/mol. The standard InChI is InChI=1S/C12H14N2O3/c15-11-10(8-13-11)14-12(16)17-7-6-9-4-2-1-3-5-9/h1-5,10H,6-8H2,(H,13,15)(H,14,16)/t10-/m0/s1. The number of carbonyl (C=O) groups is 2. The molecule has 2 amide bonds. The summed E-state index contributed by atoms with van der Waals surface area (Å²) in [5, 5.41) is 5.02. The smallest absolute Gasteiger partial charge is 0.407 e. The summed E-state index contributed by atoms with van der Waals surface area (Å²) in [5.74, 6) is -0.162. The van der Waals surface area contributed by atoms with E-state index < -0.39 is 12.1 Å². The summed E-state index contributed by atoms with van der Waals surface area (Å²) in [6.45, 7) is 0.788. The van der Waals surface area contributed by atoms with Crippen molar-refractivity contribution >= 4 is 12.0 Å². The van der Waals surface area contributed by atoms with E-state index >= 15 is 0 Å². The maximum absolute atomic E-state index is 11.3. The molecule has 1 aliphatic rings. The first kappa shape index (κ1) is 11.4. The fraction of sp³-hybridized carbons (Fsp3) is 0.333. The van der Waals surface area contributed by atoms with E-state index in [-0.39, 0.29) is 5.91 Å². The molecule has 0 radical (unpaired) electrons. The second kappa shape index (κ2) is 5.34. The highest BCUT2D eigenvalue weighted by Crippen LogP contribution is 2.00. The van der Waals surface area contributed by atoms with Crippen LogP contribution in [0.25, 0.3) is 0 Å². The van der Waals surface area contributed by atoms with Gasteiger partial charge in [0.25, 0.3) is 0 Å². The van der Waals surface area contributed by atoms with Crippen molar-refractivity contribution in [1.82, 2.24) is 10.6 Å². The highest BCUT2D eigenvalue weighted by Gasteiger charge is 2.29. The van der Waals surface area contributed by atoms with Crippen LogP contribution in [0.3, 0.4) is 0 Å². The van der Waals surface area contributed by atoms with Crippen molar-refractivity contribution < 1.29 is 14.3 Å². The van der Waals surface area contributed by atoms with Crippen molar-refractivity contribution in [2.24, 2.45) is 0 Å². The van der Waals surface area contributed by atoms with Crippen molar-refractivity contribution in [3.05, 3.63) is 35.9 Å². The van der Waals surface area contributed by atoms with Crippen LogP contribution in [0.2, 0.25) is 0 Å². The van der Waals surface area contributed by atoms with Crippen LogP contribution < -0.4 is 10.6 Å².